The van der Waals surface area contributed by atoms with Crippen molar-refractivity contribution in [2.75, 3.05) is 13.1 Å². The summed E-state index contributed by atoms with van der Waals surface area (Å²) in [5.74, 6) is 1.93. The molecule has 2 atom stereocenters. The van der Waals surface area contributed by atoms with Crippen LogP contribution in [0.5, 0.6) is 0 Å². The van der Waals surface area contributed by atoms with E-state index in [0.717, 1.165) is 11.8 Å². The molecular formula is C7H13NS. The second-order valence-electron chi connectivity index (χ2n) is 3.30. The van der Waals surface area contributed by atoms with Crippen LogP contribution in [-0.4, -0.2) is 18.3 Å². The highest BCUT2D eigenvalue weighted by Gasteiger charge is 2.35. The van der Waals surface area contributed by atoms with Gasteiger partial charge in [0.2, 0.25) is 0 Å². The van der Waals surface area contributed by atoms with E-state index in [4.69, 9.17) is 0 Å². The monoisotopic (exact) mass is 143 g/mol. The lowest BCUT2D eigenvalue weighted by Crippen LogP contribution is -2.11. The zero-order valence-electron chi connectivity index (χ0n) is 5.51. The molecule has 0 aromatic rings. The van der Waals surface area contributed by atoms with Gasteiger partial charge in [0.1, 0.15) is 0 Å². The number of fused-ring (bicyclic) bond motifs is 1. The number of hydrogen-bond acceptors (Lipinski definition) is 2. The molecule has 1 N–H and O–H groups in total. The summed E-state index contributed by atoms with van der Waals surface area (Å²) in [5.41, 5.74) is 0. The van der Waals surface area contributed by atoms with Crippen LogP contribution < -0.4 is 5.32 Å². The maximum atomic E-state index is 4.47. The fourth-order valence-electron chi connectivity index (χ4n) is 2.13. The lowest BCUT2D eigenvalue weighted by Gasteiger charge is -2.02. The van der Waals surface area contributed by atoms with E-state index in [1.807, 2.05) is 0 Å². The second-order valence-corrected chi connectivity index (χ2v) is 4.03. The van der Waals surface area contributed by atoms with Crippen molar-refractivity contribution in [1.29, 1.82) is 0 Å². The number of rotatable bonds is 0. The fraction of sp³-hybridized carbons (Fsp3) is 1.00. The second kappa shape index (κ2) is 2.17. The van der Waals surface area contributed by atoms with Crippen LogP contribution in [0.2, 0.25) is 0 Å². The highest BCUT2D eigenvalue weighted by Crippen LogP contribution is 2.36. The molecule has 2 fully saturated rings. The first-order valence-corrected chi connectivity index (χ1v) is 4.26. The highest BCUT2D eigenvalue weighted by atomic mass is 32.1. The third-order valence-corrected chi connectivity index (χ3v) is 3.05. The van der Waals surface area contributed by atoms with Gasteiger partial charge in [-0.25, -0.2) is 0 Å². The van der Waals surface area contributed by atoms with Crippen molar-refractivity contribution >= 4 is 12.6 Å². The van der Waals surface area contributed by atoms with Gasteiger partial charge in [-0.1, -0.05) is 0 Å². The van der Waals surface area contributed by atoms with E-state index in [2.05, 4.69) is 17.9 Å². The molecule has 9 heavy (non-hydrogen) atoms. The summed E-state index contributed by atoms with van der Waals surface area (Å²) >= 11 is 4.47. The van der Waals surface area contributed by atoms with Gasteiger partial charge in [-0.05, 0) is 37.8 Å². The van der Waals surface area contributed by atoms with Crippen molar-refractivity contribution in [3.63, 3.8) is 0 Å². The van der Waals surface area contributed by atoms with Gasteiger partial charge in [0.05, 0.1) is 0 Å². The van der Waals surface area contributed by atoms with Crippen LogP contribution in [0.1, 0.15) is 12.8 Å². The third-order valence-electron chi connectivity index (χ3n) is 2.63. The summed E-state index contributed by atoms with van der Waals surface area (Å²) < 4.78 is 0. The molecule has 0 bridgehead atoms. The smallest absolute Gasteiger partial charge is 0.00232 e. The van der Waals surface area contributed by atoms with E-state index in [0.29, 0.717) is 5.25 Å². The van der Waals surface area contributed by atoms with Crippen molar-refractivity contribution in [2.24, 2.45) is 11.8 Å². The van der Waals surface area contributed by atoms with Crippen LogP contribution >= 0.6 is 12.6 Å². The predicted octanol–water partition coefficient (Wildman–Crippen LogP) is 0.914. The van der Waals surface area contributed by atoms with Crippen LogP contribution in [0, 0.1) is 11.8 Å². The van der Waals surface area contributed by atoms with Gasteiger partial charge in [-0.15, -0.1) is 0 Å². The van der Waals surface area contributed by atoms with Crippen molar-refractivity contribution in [3.8, 4) is 0 Å². The Morgan fingerprint density at radius 3 is 2.22 bits per heavy atom. The van der Waals surface area contributed by atoms with Gasteiger partial charge in [0.15, 0.2) is 0 Å². The minimum Gasteiger partial charge on any atom is -0.316 e. The van der Waals surface area contributed by atoms with E-state index in [1.165, 1.54) is 25.9 Å². The van der Waals surface area contributed by atoms with Gasteiger partial charge in [0.25, 0.3) is 0 Å². The molecule has 1 saturated carbocycles. The van der Waals surface area contributed by atoms with E-state index >= 15 is 0 Å². The summed E-state index contributed by atoms with van der Waals surface area (Å²) in [5, 5.41) is 4.12. The number of nitrogens with one attached hydrogen (secondary N) is 1. The highest BCUT2D eigenvalue weighted by molar-refractivity contribution is 7.80. The molecule has 2 heteroatoms. The lowest BCUT2D eigenvalue weighted by atomic mass is 10.0. The molecule has 1 nitrogen and oxygen atoms in total. The maximum Gasteiger partial charge on any atom is 0.00232 e. The van der Waals surface area contributed by atoms with Crippen LogP contribution in [0.4, 0.5) is 0 Å². The van der Waals surface area contributed by atoms with E-state index in [9.17, 15) is 0 Å². The molecular weight excluding hydrogens is 130 g/mol. The van der Waals surface area contributed by atoms with Crippen LogP contribution in [0.3, 0.4) is 0 Å². The summed E-state index contributed by atoms with van der Waals surface area (Å²) in [7, 11) is 0. The van der Waals surface area contributed by atoms with Gasteiger partial charge in [-0.2, -0.15) is 12.6 Å². The maximum absolute atomic E-state index is 4.47. The van der Waals surface area contributed by atoms with Gasteiger partial charge in [0, 0.05) is 5.25 Å². The summed E-state index contributed by atoms with van der Waals surface area (Å²) in [6.45, 7) is 2.50. The van der Waals surface area contributed by atoms with Crippen LogP contribution in [-0.2, 0) is 0 Å². The van der Waals surface area contributed by atoms with Crippen LogP contribution in [0.15, 0.2) is 0 Å². The Hall–Kier alpha value is 0.310. The molecule has 1 aliphatic carbocycles. The zero-order chi connectivity index (χ0) is 6.27. The molecule has 0 radical (unpaired) electrons. The van der Waals surface area contributed by atoms with Gasteiger partial charge in [-0.3, -0.25) is 0 Å². The standard InChI is InChI=1S/C7H13NS/c9-7-1-5-3-8-4-6(5)2-7/h5-9H,1-4H2. The molecule has 2 unspecified atom stereocenters. The first-order chi connectivity index (χ1) is 4.36. The quantitative estimate of drug-likeness (QED) is 0.480. The first-order valence-electron chi connectivity index (χ1n) is 3.75. The molecule has 1 saturated heterocycles. The SMILES string of the molecule is SC1CC2CNCC2C1. The minimum absolute atomic E-state index is 0.710. The molecule has 0 spiro atoms. The zero-order valence-corrected chi connectivity index (χ0v) is 6.40. The first kappa shape index (κ1) is 6.05. The Labute approximate surface area is 61.6 Å². The fourth-order valence-corrected chi connectivity index (χ4v) is 2.68. The van der Waals surface area contributed by atoms with Crippen LogP contribution in [0.25, 0.3) is 0 Å². The van der Waals surface area contributed by atoms with Crippen molar-refractivity contribution in [1.82, 2.24) is 5.32 Å². The van der Waals surface area contributed by atoms with Gasteiger partial charge < -0.3 is 5.32 Å². The molecule has 1 aliphatic heterocycles. The Morgan fingerprint density at radius 1 is 1.11 bits per heavy atom. The number of hydrogen-bond donors (Lipinski definition) is 2. The average Bonchev–Trinajstić information content (AvgIpc) is 2.22. The Balaban J connectivity index is 2.02. The summed E-state index contributed by atoms with van der Waals surface area (Å²) in [6.07, 6.45) is 2.70. The molecule has 0 aromatic carbocycles. The minimum atomic E-state index is 0.710. The molecule has 0 aromatic heterocycles. The summed E-state index contributed by atoms with van der Waals surface area (Å²) in [6, 6.07) is 0. The molecule has 2 rings (SSSR count). The Bertz CT molecular complexity index is 103. The summed E-state index contributed by atoms with van der Waals surface area (Å²) in [4.78, 5) is 0. The van der Waals surface area contributed by atoms with Crippen molar-refractivity contribution in [3.05, 3.63) is 0 Å². The average molecular weight is 143 g/mol. The lowest BCUT2D eigenvalue weighted by molar-refractivity contribution is 0.494. The number of thiol groups is 1. The topological polar surface area (TPSA) is 12.0 Å². The van der Waals surface area contributed by atoms with E-state index < -0.39 is 0 Å². The van der Waals surface area contributed by atoms with Gasteiger partial charge >= 0.3 is 0 Å². The molecule has 1 heterocycles. The Morgan fingerprint density at radius 2 is 1.67 bits per heavy atom. The van der Waals surface area contributed by atoms with E-state index in [-0.39, 0.29) is 0 Å². The molecule has 52 valence electrons. The predicted molar refractivity (Wildman–Crippen MR) is 41.9 cm³/mol. The van der Waals surface area contributed by atoms with Crippen molar-refractivity contribution in [2.45, 2.75) is 18.1 Å². The Kier molecular flexibility index (Phi) is 1.46. The normalized spacial score (nSPS) is 49.7. The molecule has 0 amide bonds. The largest absolute Gasteiger partial charge is 0.316 e. The van der Waals surface area contributed by atoms with Crippen molar-refractivity contribution < 1.29 is 0 Å². The third kappa shape index (κ3) is 0.987. The molecule has 2 aliphatic rings. The van der Waals surface area contributed by atoms with E-state index in [1.54, 1.807) is 0 Å².